The van der Waals surface area contributed by atoms with Gasteiger partial charge in [0.05, 0.1) is 15.4 Å². The van der Waals surface area contributed by atoms with Gasteiger partial charge in [0.25, 0.3) is 11.6 Å². The molecule has 168 valence electrons. The third-order valence-corrected chi connectivity index (χ3v) is 4.87. The predicted octanol–water partition coefficient (Wildman–Crippen LogP) is 3.43. The molecule has 0 atom stereocenters. The number of nitro groups is 2. The summed E-state index contributed by atoms with van der Waals surface area (Å²) in [6.07, 6.45) is 2.91. The van der Waals surface area contributed by atoms with Gasteiger partial charge in [0.1, 0.15) is 5.69 Å². The standard InChI is InChI=1S/C20H19FN4O7/c21-15-6-5-14(11-17(15)24(28)29)22-19(26)12-32-20(27)13-4-7-16(18(10-13)25(30)31)23-8-2-1-3-9-23/h4-7,10-11H,1-3,8-9,12H2,(H,22,26). The van der Waals surface area contributed by atoms with E-state index in [0.29, 0.717) is 18.8 Å². The van der Waals surface area contributed by atoms with Crippen LogP contribution in [0.15, 0.2) is 36.4 Å². The molecule has 2 aromatic carbocycles. The molecule has 1 heterocycles. The molecule has 0 aliphatic carbocycles. The van der Waals surface area contributed by atoms with E-state index >= 15 is 0 Å². The number of piperidine rings is 1. The monoisotopic (exact) mass is 446 g/mol. The Kier molecular flexibility index (Phi) is 6.93. The molecule has 1 aliphatic rings. The third-order valence-electron chi connectivity index (χ3n) is 4.87. The number of halogens is 1. The van der Waals surface area contributed by atoms with E-state index in [9.17, 15) is 34.2 Å². The highest BCUT2D eigenvalue weighted by Gasteiger charge is 2.24. The summed E-state index contributed by atoms with van der Waals surface area (Å²) in [5, 5.41) is 24.5. The summed E-state index contributed by atoms with van der Waals surface area (Å²) in [6.45, 7) is 0.629. The number of ether oxygens (including phenoxy) is 1. The summed E-state index contributed by atoms with van der Waals surface area (Å²) in [7, 11) is 0. The van der Waals surface area contributed by atoms with Crippen LogP contribution in [0.1, 0.15) is 29.6 Å². The molecule has 0 aromatic heterocycles. The number of nitro benzene ring substituents is 2. The first-order valence-electron chi connectivity index (χ1n) is 9.70. The van der Waals surface area contributed by atoms with Gasteiger partial charge in [0.2, 0.25) is 5.82 Å². The van der Waals surface area contributed by atoms with Gasteiger partial charge in [-0.25, -0.2) is 4.79 Å². The molecule has 2 aromatic rings. The number of hydrogen-bond acceptors (Lipinski definition) is 8. The number of carbonyl (C=O) groups excluding carboxylic acids is 2. The lowest BCUT2D eigenvalue weighted by Crippen LogP contribution is -2.30. The molecule has 3 rings (SSSR count). The second kappa shape index (κ2) is 9.81. The Morgan fingerprint density at radius 1 is 1.00 bits per heavy atom. The first-order valence-corrected chi connectivity index (χ1v) is 9.70. The van der Waals surface area contributed by atoms with Crippen LogP contribution in [0.5, 0.6) is 0 Å². The van der Waals surface area contributed by atoms with Gasteiger partial charge < -0.3 is 15.0 Å². The summed E-state index contributed by atoms with van der Waals surface area (Å²) < 4.78 is 18.2. The molecule has 12 heteroatoms. The quantitative estimate of drug-likeness (QED) is 0.387. The number of esters is 1. The van der Waals surface area contributed by atoms with Crippen molar-refractivity contribution < 1.29 is 28.6 Å². The molecule has 11 nitrogen and oxygen atoms in total. The smallest absolute Gasteiger partial charge is 0.338 e. The molecule has 0 spiro atoms. The molecular formula is C20H19FN4O7. The van der Waals surface area contributed by atoms with Gasteiger partial charge in [0, 0.05) is 30.9 Å². The fraction of sp³-hybridized carbons (Fsp3) is 0.300. The van der Waals surface area contributed by atoms with Crippen molar-refractivity contribution in [3.05, 3.63) is 68.0 Å². The normalized spacial score (nSPS) is 13.3. The van der Waals surface area contributed by atoms with Crippen LogP contribution in [0.25, 0.3) is 0 Å². The van der Waals surface area contributed by atoms with Crippen molar-refractivity contribution in [3.8, 4) is 0 Å². The molecule has 0 radical (unpaired) electrons. The number of amides is 1. The lowest BCUT2D eigenvalue weighted by Gasteiger charge is -2.28. The largest absolute Gasteiger partial charge is 0.452 e. The fourth-order valence-corrected chi connectivity index (χ4v) is 3.34. The van der Waals surface area contributed by atoms with Crippen molar-refractivity contribution in [3.63, 3.8) is 0 Å². The Labute approximate surface area is 181 Å². The number of benzene rings is 2. The van der Waals surface area contributed by atoms with Crippen molar-refractivity contribution in [1.82, 2.24) is 0 Å². The Morgan fingerprint density at radius 3 is 2.34 bits per heavy atom. The number of nitrogens with one attached hydrogen (secondary N) is 1. The summed E-state index contributed by atoms with van der Waals surface area (Å²) in [4.78, 5) is 46.9. The highest BCUT2D eigenvalue weighted by atomic mass is 19.1. The Bertz CT molecular complexity index is 1070. The average Bonchev–Trinajstić information content (AvgIpc) is 2.78. The van der Waals surface area contributed by atoms with E-state index in [0.717, 1.165) is 43.5 Å². The number of hydrogen-bond donors (Lipinski definition) is 1. The topological polar surface area (TPSA) is 145 Å². The lowest BCUT2D eigenvalue weighted by molar-refractivity contribution is -0.387. The number of anilines is 2. The molecule has 0 saturated carbocycles. The van der Waals surface area contributed by atoms with E-state index in [2.05, 4.69) is 5.32 Å². The van der Waals surface area contributed by atoms with Crippen LogP contribution < -0.4 is 10.2 Å². The highest BCUT2D eigenvalue weighted by Crippen LogP contribution is 2.31. The van der Waals surface area contributed by atoms with E-state index in [1.807, 2.05) is 4.90 Å². The van der Waals surface area contributed by atoms with Crippen molar-refractivity contribution in [2.24, 2.45) is 0 Å². The van der Waals surface area contributed by atoms with E-state index in [-0.39, 0.29) is 16.9 Å². The molecule has 1 fully saturated rings. The minimum atomic E-state index is -1.06. The van der Waals surface area contributed by atoms with E-state index in [1.165, 1.54) is 12.1 Å². The molecule has 1 saturated heterocycles. The highest BCUT2D eigenvalue weighted by molar-refractivity contribution is 5.96. The Morgan fingerprint density at radius 2 is 1.69 bits per heavy atom. The summed E-state index contributed by atoms with van der Waals surface area (Å²) >= 11 is 0. The van der Waals surface area contributed by atoms with Crippen LogP contribution in [-0.2, 0) is 9.53 Å². The predicted molar refractivity (Wildman–Crippen MR) is 111 cm³/mol. The van der Waals surface area contributed by atoms with E-state index in [4.69, 9.17) is 4.74 Å². The van der Waals surface area contributed by atoms with Crippen LogP contribution in [0.4, 0.5) is 27.1 Å². The third kappa shape index (κ3) is 5.33. The van der Waals surface area contributed by atoms with Crippen LogP contribution in [0.2, 0.25) is 0 Å². The molecule has 1 aliphatic heterocycles. The van der Waals surface area contributed by atoms with Crippen LogP contribution in [-0.4, -0.2) is 41.4 Å². The zero-order valence-corrected chi connectivity index (χ0v) is 16.8. The summed E-state index contributed by atoms with van der Waals surface area (Å²) in [5.41, 5.74) is -0.782. The minimum Gasteiger partial charge on any atom is -0.452 e. The van der Waals surface area contributed by atoms with Gasteiger partial charge in [0.15, 0.2) is 6.61 Å². The number of rotatable bonds is 7. The molecule has 0 unspecified atom stereocenters. The van der Waals surface area contributed by atoms with Gasteiger partial charge in [-0.15, -0.1) is 0 Å². The summed E-state index contributed by atoms with van der Waals surface area (Å²) in [6, 6.07) is 6.75. The lowest BCUT2D eigenvalue weighted by atomic mass is 10.1. The van der Waals surface area contributed by atoms with Crippen LogP contribution >= 0.6 is 0 Å². The fourth-order valence-electron chi connectivity index (χ4n) is 3.34. The maximum absolute atomic E-state index is 13.4. The number of nitrogens with zero attached hydrogens (tertiary/aromatic N) is 3. The molecule has 32 heavy (non-hydrogen) atoms. The second-order valence-electron chi connectivity index (χ2n) is 7.06. The molecular weight excluding hydrogens is 427 g/mol. The zero-order chi connectivity index (χ0) is 23.3. The van der Waals surface area contributed by atoms with Gasteiger partial charge >= 0.3 is 11.7 Å². The van der Waals surface area contributed by atoms with Crippen molar-refractivity contribution >= 4 is 34.6 Å². The molecule has 1 N–H and O–H groups in total. The van der Waals surface area contributed by atoms with Crippen LogP contribution in [0.3, 0.4) is 0 Å². The molecule has 0 bridgehead atoms. The molecule has 1 amide bonds. The maximum Gasteiger partial charge on any atom is 0.338 e. The van der Waals surface area contributed by atoms with Crippen molar-refractivity contribution in [2.45, 2.75) is 19.3 Å². The zero-order valence-electron chi connectivity index (χ0n) is 16.8. The maximum atomic E-state index is 13.4. The van der Waals surface area contributed by atoms with Crippen molar-refractivity contribution in [1.29, 1.82) is 0 Å². The first kappa shape index (κ1) is 22.6. The van der Waals surface area contributed by atoms with Gasteiger partial charge in [-0.05, 0) is 43.5 Å². The number of carbonyl (C=O) groups is 2. The minimum absolute atomic E-state index is 0.0549. The Hall–Kier alpha value is -4.09. The Balaban J connectivity index is 1.65. The first-order chi connectivity index (χ1) is 15.3. The van der Waals surface area contributed by atoms with E-state index in [1.54, 1.807) is 0 Å². The van der Waals surface area contributed by atoms with Gasteiger partial charge in [-0.3, -0.25) is 25.0 Å². The average molecular weight is 446 g/mol. The van der Waals surface area contributed by atoms with E-state index < -0.39 is 39.8 Å². The van der Waals surface area contributed by atoms with Crippen LogP contribution in [0, 0.1) is 26.0 Å². The van der Waals surface area contributed by atoms with Crippen molar-refractivity contribution in [2.75, 3.05) is 29.9 Å². The second-order valence-corrected chi connectivity index (χ2v) is 7.06. The summed E-state index contributed by atoms with van der Waals surface area (Å²) in [5.74, 6) is -2.83. The van der Waals surface area contributed by atoms with Gasteiger partial charge in [-0.2, -0.15) is 4.39 Å². The SMILES string of the molecule is O=C(COC(=O)c1ccc(N2CCCCC2)c([N+](=O)[O-])c1)Nc1ccc(F)c([N+](=O)[O-])c1. The van der Waals surface area contributed by atoms with Gasteiger partial charge in [-0.1, -0.05) is 0 Å².